The first kappa shape index (κ1) is 19.5. The molecule has 1 atom stereocenters. The van der Waals surface area contributed by atoms with Crippen molar-refractivity contribution >= 4 is 15.7 Å². The first-order valence-electron chi connectivity index (χ1n) is 8.98. The van der Waals surface area contributed by atoms with Crippen molar-refractivity contribution in [3.8, 4) is 11.5 Å². The molecule has 0 saturated carbocycles. The van der Waals surface area contributed by atoms with Gasteiger partial charge in [0.25, 0.3) is 0 Å². The molecular weight excluding hydrogens is 364 g/mol. The highest BCUT2D eigenvalue weighted by Gasteiger charge is 2.31. The van der Waals surface area contributed by atoms with Crippen LogP contribution in [0.15, 0.2) is 47.4 Å². The summed E-state index contributed by atoms with van der Waals surface area (Å²) in [4.78, 5) is 2.38. The molecule has 7 heteroatoms. The third-order valence-electron chi connectivity index (χ3n) is 4.77. The molecule has 0 radical (unpaired) electrons. The van der Waals surface area contributed by atoms with Gasteiger partial charge >= 0.3 is 0 Å². The molecule has 146 valence electrons. The van der Waals surface area contributed by atoms with Crippen molar-refractivity contribution in [3.63, 3.8) is 0 Å². The van der Waals surface area contributed by atoms with Crippen LogP contribution in [0.2, 0.25) is 0 Å². The number of benzene rings is 2. The van der Waals surface area contributed by atoms with Crippen molar-refractivity contribution in [2.45, 2.75) is 24.8 Å². The van der Waals surface area contributed by atoms with Crippen molar-refractivity contribution in [2.75, 3.05) is 38.7 Å². The Labute approximate surface area is 161 Å². The van der Waals surface area contributed by atoms with E-state index in [4.69, 9.17) is 9.47 Å². The van der Waals surface area contributed by atoms with Gasteiger partial charge in [0.15, 0.2) is 0 Å². The SMILES string of the molecule is CCN1C[C@@H](CN(C)S(=O)(=O)c2cc(C)ccc2OC)Oc2ccccc21. The minimum absolute atomic E-state index is 0.177. The van der Waals surface area contributed by atoms with Gasteiger partial charge in [0.05, 0.1) is 25.9 Å². The van der Waals surface area contributed by atoms with Crippen molar-refractivity contribution in [1.29, 1.82) is 0 Å². The summed E-state index contributed by atoms with van der Waals surface area (Å²) >= 11 is 0. The van der Waals surface area contributed by atoms with Gasteiger partial charge < -0.3 is 14.4 Å². The summed E-state index contributed by atoms with van der Waals surface area (Å²) in [6.07, 6.45) is -0.254. The molecule has 0 aliphatic carbocycles. The zero-order valence-corrected chi connectivity index (χ0v) is 17.0. The molecule has 0 saturated heterocycles. The van der Waals surface area contributed by atoms with Crippen molar-refractivity contribution in [3.05, 3.63) is 48.0 Å². The normalized spacial score (nSPS) is 16.8. The molecule has 0 aromatic heterocycles. The van der Waals surface area contributed by atoms with Crippen LogP contribution in [-0.2, 0) is 10.0 Å². The second-order valence-electron chi connectivity index (χ2n) is 6.69. The molecule has 3 rings (SSSR count). The first-order chi connectivity index (χ1) is 12.9. The standard InChI is InChI=1S/C20H26N2O4S/c1-5-22-14-16(26-18-9-7-6-8-17(18)22)13-21(3)27(23,24)20-12-15(2)10-11-19(20)25-4/h6-12,16H,5,13-14H2,1-4H3/t16-/m1/s1. The average Bonchev–Trinajstić information content (AvgIpc) is 2.67. The van der Waals surface area contributed by atoms with E-state index in [1.54, 1.807) is 19.2 Å². The number of fused-ring (bicyclic) bond motifs is 1. The maximum absolute atomic E-state index is 13.1. The summed E-state index contributed by atoms with van der Waals surface area (Å²) in [7, 11) is -0.639. The zero-order valence-electron chi connectivity index (χ0n) is 16.2. The highest BCUT2D eigenvalue weighted by molar-refractivity contribution is 7.89. The molecule has 0 N–H and O–H groups in total. The fourth-order valence-corrected chi connectivity index (χ4v) is 4.75. The van der Waals surface area contributed by atoms with Crippen molar-refractivity contribution in [2.24, 2.45) is 0 Å². The Balaban J connectivity index is 1.83. The molecular formula is C20H26N2O4S. The molecule has 2 aromatic carbocycles. The van der Waals surface area contributed by atoms with E-state index in [0.29, 0.717) is 12.3 Å². The number of ether oxygens (including phenoxy) is 2. The van der Waals surface area contributed by atoms with E-state index in [1.165, 1.54) is 11.4 Å². The number of hydrogen-bond acceptors (Lipinski definition) is 5. The molecule has 1 aliphatic rings. The smallest absolute Gasteiger partial charge is 0.246 e. The van der Waals surface area contributed by atoms with Gasteiger partial charge in [-0.2, -0.15) is 4.31 Å². The number of sulfonamides is 1. The lowest BCUT2D eigenvalue weighted by atomic mass is 10.2. The van der Waals surface area contributed by atoms with Crippen molar-refractivity contribution < 1.29 is 17.9 Å². The molecule has 6 nitrogen and oxygen atoms in total. The quantitative estimate of drug-likeness (QED) is 0.759. The number of rotatable bonds is 6. The summed E-state index contributed by atoms with van der Waals surface area (Å²) in [5.41, 5.74) is 1.91. The fraction of sp³-hybridized carbons (Fsp3) is 0.400. The van der Waals surface area contributed by atoms with Crippen molar-refractivity contribution in [1.82, 2.24) is 4.31 Å². The van der Waals surface area contributed by atoms with E-state index in [-0.39, 0.29) is 17.5 Å². The molecule has 27 heavy (non-hydrogen) atoms. The number of nitrogens with zero attached hydrogens (tertiary/aromatic N) is 2. The molecule has 0 unspecified atom stereocenters. The lowest BCUT2D eigenvalue weighted by Gasteiger charge is -2.37. The van der Waals surface area contributed by atoms with Gasteiger partial charge in [-0.3, -0.25) is 0 Å². The predicted octanol–water partition coefficient (Wildman–Crippen LogP) is 2.91. The van der Waals surface area contributed by atoms with E-state index in [9.17, 15) is 8.42 Å². The van der Waals surface area contributed by atoms with Gasteiger partial charge in [-0.25, -0.2) is 8.42 Å². The number of anilines is 1. The molecule has 1 heterocycles. The molecule has 0 fully saturated rings. The van der Waals surface area contributed by atoms with Crippen LogP contribution in [0, 0.1) is 6.92 Å². The topological polar surface area (TPSA) is 59.1 Å². The highest BCUT2D eigenvalue weighted by Crippen LogP contribution is 2.33. The fourth-order valence-electron chi connectivity index (χ4n) is 3.31. The Bertz CT molecular complexity index is 914. The molecule has 0 amide bonds. The Morgan fingerprint density at radius 3 is 2.70 bits per heavy atom. The van der Waals surface area contributed by atoms with Crippen LogP contribution >= 0.6 is 0 Å². The van der Waals surface area contributed by atoms with Gasteiger partial charge in [-0.1, -0.05) is 18.2 Å². The molecule has 0 bridgehead atoms. The van der Waals surface area contributed by atoms with Crippen LogP contribution in [0.5, 0.6) is 11.5 Å². The van der Waals surface area contributed by atoms with Crippen LogP contribution < -0.4 is 14.4 Å². The van der Waals surface area contributed by atoms with Crippen LogP contribution in [0.3, 0.4) is 0 Å². The Morgan fingerprint density at radius 2 is 2.00 bits per heavy atom. The summed E-state index contributed by atoms with van der Waals surface area (Å²) in [5.74, 6) is 1.13. The largest absolute Gasteiger partial charge is 0.495 e. The minimum Gasteiger partial charge on any atom is -0.495 e. The Hall–Kier alpha value is -2.25. The van der Waals surface area contributed by atoms with Crippen LogP contribution in [0.25, 0.3) is 0 Å². The number of methoxy groups -OCH3 is 1. The third kappa shape index (κ3) is 3.89. The van der Waals surface area contributed by atoms with E-state index in [0.717, 1.165) is 23.5 Å². The number of aryl methyl sites for hydroxylation is 1. The number of likely N-dealkylation sites (N-methyl/N-ethyl adjacent to an activating group) is 2. The van der Waals surface area contributed by atoms with Gasteiger partial charge in [-0.15, -0.1) is 0 Å². The second-order valence-corrected chi connectivity index (χ2v) is 8.70. The Morgan fingerprint density at radius 1 is 1.26 bits per heavy atom. The first-order valence-corrected chi connectivity index (χ1v) is 10.4. The van der Waals surface area contributed by atoms with Crippen LogP contribution in [0.4, 0.5) is 5.69 Å². The second kappa shape index (κ2) is 7.78. The maximum Gasteiger partial charge on any atom is 0.246 e. The lowest BCUT2D eigenvalue weighted by Crippen LogP contribution is -2.46. The summed E-state index contributed by atoms with van der Waals surface area (Å²) < 4.78 is 38.9. The van der Waals surface area contributed by atoms with Crippen LogP contribution in [0.1, 0.15) is 12.5 Å². The van der Waals surface area contributed by atoms with Crippen LogP contribution in [-0.4, -0.2) is 52.6 Å². The summed E-state index contributed by atoms with van der Waals surface area (Å²) in [6, 6.07) is 13.0. The summed E-state index contributed by atoms with van der Waals surface area (Å²) in [6.45, 7) is 5.66. The minimum atomic E-state index is -3.70. The average molecular weight is 391 g/mol. The predicted molar refractivity (Wildman–Crippen MR) is 106 cm³/mol. The number of hydrogen-bond donors (Lipinski definition) is 0. The van der Waals surface area contributed by atoms with Gasteiger partial charge in [-0.05, 0) is 43.7 Å². The zero-order chi connectivity index (χ0) is 19.6. The highest BCUT2D eigenvalue weighted by atomic mass is 32.2. The number of para-hydroxylation sites is 2. The van der Waals surface area contributed by atoms with E-state index in [1.807, 2.05) is 37.3 Å². The molecule has 2 aromatic rings. The lowest BCUT2D eigenvalue weighted by molar-refractivity contribution is 0.171. The van der Waals surface area contributed by atoms with E-state index in [2.05, 4.69) is 11.8 Å². The van der Waals surface area contributed by atoms with Gasteiger partial charge in [0, 0.05) is 13.6 Å². The Kier molecular flexibility index (Phi) is 5.62. The molecule has 0 spiro atoms. The third-order valence-corrected chi connectivity index (χ3v) is 6.62. The summed E-state index contributed by atoms with van der Waals surface area (Å²) in [5, 5.41) is 0. The van der Waals surface area contributed by atoms with E-state index < -0.39 is 10.0 Å². The maximum atomic E-state index is 13.1. The molecule has 1 aliphatic heterocycles. The van der Waals surface area contributed by atoms with E-state index >= 15 is 0 Å². The monoisotopic (exact) mass is 390 g/mol. The van der Waals surface area contributed by atoms with Gasteiger partial charge in [0.2, 0.25) is 10.0 Å². The van der Waals surface area contributed by atoms with Gasteiger partial charge in [0.1, 0.15) is 22.5 Å².